The summed E-state index contributed by atoms with van der Waals surface area (Å²) < 4.78 is 5.62. The molecule has 1 saturated carbocycles. The fourth-order valence-electron chi connectivity index (χ4n) is 4.18. The van der Waals surface area contributed by atoms with E-state index in [0.29, 0.717) is 25.1 Å². The lowest BCUT2D eigenvalue weighted by Gasteiger charge is -2.35. The quantitative estimate of drug-likeness (QED) is 0.677. The smallest absolute Gasteiger partial charge is 0.315 e. The minimum Gasteiger partial charge on any atom is -0.448 e. The first-order chi connectivity index (χ1) is 13.0. The molecule has 1 aromatic carbocycles. The molecule has 2 bridgehead atoms. The van der Waals surface area contributed by atoms with Crippen LogP contribution in [0.5, 0.6) is 0 Å². The van der Waals surface area contributed by atoms with Crippen molar-refractivity contribution < 1.29 is 19.1 Å². The second-order valence-electron chi connectivity index (χ2n) is 8.81. The Hall–Kier alpha value is -2.57. The van der Waals surface area contributed by atoms with Crippen LogP contribution in [0.3, 0.4) is 0 Å². The summed E-state index contributed by atoms with van der Waals surface area (Å²) in [6.45, 7) is 9.93. The maximum atomic E-state index is 13.0. The number of fused-ring (bicyclic) bond motifs is 2. The molecule has 1 heterocycles. The van der Waals surface area contributed by atoms with Crippen LogP contribution in [0.1, 0.15) is 53.0 Å². The van der Waals surface area contributed by atoms with Crippen LogP contribution in [0.4, 0.5) is 10.5 Å². The molecule has 1 aromatic rings. The van der Waals surface area contributed by atoms with E-state index < -0.39 is 16.4 Å². The predicted molar refractivity (Wildman–Crippen MR) is 106 cm³/mol. The highest BCUT2D eigenvalue weighted by Gasteiger charge is 2.75. The Balaban J connectivity index is 1.64. The Labute approximate surface area is 165 Å². The van der Waals surface area contributed by atoms with Crippen LogP contribution in [0.25, 0.3) is 0 Å². The van der Waals surface area contributed by atoms with Crippen molar-refractivity contribution in [3.8, 4) is 0 Å². The molecule has 2 atom stereocenters. The second kappa shape index (κ2) is 6.79. The van der Waals surface area contributed by atoms with Crippen LogP contribution >= 0.6 is 0 Å². The van der Waals surface area contributed by atoms with Gasteiger partial charge in [-0.3, -0.25) is 9.59 Å². The van der Waals surface area contributed by atoms with Crippen LogP contribution in [0.15, 0.2) is 24.3 Å². The zero-order valence-corrected chi connectivity index (χ0v) is 17.1. The van der Waals surface area contributed by atoms with Gasteiger partial charge in [-0.2, -0.15) is 0 Å². The number of carbonyl (C=O) groups excluding carboxylic acids is 3. The molecule has 3 rings (SSSR count). The van der Waals surface area contributed by atoms with E-state index in [4.69, 9.17) is 4.74 Å². The molecule has 1 unspecified atom stereocenters. The summed E-state index contributed by atoms with van der Waals surface area (Å²) in [6.07, 6.45) is 1.18. The average molecular weight is 387 g/mol. The van der Waals surface area contributed by atoms with Gasteiger partial charge in [0.15, 0.2) is 5.60 Å². The van der Waals surface area contributed by atoms with Gasteiger partial charge in [0.05, 0.1) is 5.41 Å². The molecular formula is C21H29N3O4. The molecule has 0 radical (unpaired) electrons. The zero-order valence-electron chi connectivity index (χ0n) is 17.1. The van der Waals surface area contributed by atoms with Gasteiger partial charge in [0, 0.05) is 23.7 Å². The highest BCUT2D eigenvalue weighted by atomic mass is 16.6. The third kappa shape index (κ3) is 3.02. The molecule has 2 aliphatic rings. The Bertz CT molecular complexity index is 802. The van der Waals surface area contributed by atoms with E-state index >= 15 is 0 Å². The van der Waals surface area contributed by atoms with Gasteiger partial charge in [-0.05, 0) is 51.3 Å². The van der Waals surface area contributed by atoms with Crippen LogP contribution in [0.2, 0.25) is 0 Å². The lowest BCUT2D eigenvalue weighted by molar-refractivity contribution is -0.165. The number of amides is 3. The van der Waals surface area contributed by atoms with Gasteiger partial charge in [0.2, 0.25) is 0 Å². The van der Waals surface area contributed by atoms with E-state index in [-0.39, 0.29) is 23.9 Å². The van der Waals surface area contributed by atoms with Crippen molar-refractivity contribution in [3.63, 3.8) is 0 Å². The van der Waals surface area contributed by atoms with Crippen LogP contribution in [0, 0.1) is 10.8 Å². The normalized spacial score (nSPS) is 27.4. The average Bonchev–Trinajstić information content (AvgIpc) is 2.91. The van der Waals surface area contributed by atoms with Gasteiger partial charge in [-0.1, -0.05) is 26.0 Å². The number of nitrogens with one attached hydrogen (secondary N) is 3. The molecular weight excluding hydrogens is 358 g/mol. The number of esters is 1. The molecule has 1 aliphatic carbocycles. The van der Waals surface area contributed by atoms with E-state index in [9.17, 15) is 14.4 Å². The number of ether oxygens (including phenoxy) is 1. The first-order valence-corrected chi connectivity index (χ1v) is 9.70. The van der Waals surface area contributed by atoms with E-state index in [2.05, 4.69) is 16.0 Å². The molecule has 1 aliphatic heterocycles. The largest absolute Gasteiger partial charge is 0.448 e. The number of hydrogen-bond donors (Lipinski definition) is 3. The highest BCUT2D eigenvalue weighted by Crippen LogP contribution is 2.65. The molecule has 3 amide bonds. The molecule has 1 saturated heterocycles. The minimum atomic E-state index is -1.13. The molecule has 3 N–H and O–H groups in total. The fourth-order valence-corrected chi connectivity index (χ4v) is 4.18. The summed E-state index contributed by atoms with van der Waals surface area (Å²) in [5, 5.41) is 8.44. The van der Waals surface area contributed by atoms with Crippen molar-refractivity contribution in [1.82, 2.24) is 10.6 Å². The molecule has 7 nitrogen and oxygen atoms in total. The van der Waals surface area contributed by atoms with Crippen molar-refractivity contribution >= 4 is 23.6 Å². The van der Waals surface area contributed by atoms with Gasteiger partial charge in [-0.25, -0.2) is 4.79 Å². The number of carbonyl (C=O) groups is 3. The summed E-state index contributed by atoms with van der Waals surface area (Å²) in [5.41, 5.74) is -0.794. The van der Waals surface area contributed by atoms with Gasteiger partial charge in [0.1, 0.15) is 0 Å². The van der Waals surface area contributed by atoms with Crippen molar-refractivity contribution in [2.45, 2.75) is 65.6 Å². The second-order valence-corrected chi connectivity index (χ2v) is 8.81. The van der Waals surface area contributed by atoms with E-state index in [0.717, 1.165) is 5.56 Å². The van der Waals surface area contributed by atoms with Crippen molar-refractivity contribution in [1.29, 1.82) is 0 Å². The third-order valence-electron chi connectivity index (χ3n) is 6.53. The molecule has 0 spiro atoms. The van der Waals surface area contributed by atoms with E-state index in [1.165, 1.54) is 0 Å². The monoisotopic (exact) mass is 387 g/mol. The number of benzene rings is 1. The van der Waals surface area contributed by atoms with Crippen molar-refractivity contribution in [3.05, 3.63) is 29.8 Å². The summed E-state index contributed by atoms with van der Waals surface area (Å²) >= 11 is 0. The number of hydrogen-bond acceptors (Lipinski definition) is 4. The van der Waals surface area contributed by atoms with E-state index in [1.807, 2.05) is 46.8 Å². The Kier molecular flexibility index (Phi) is 4.89. The lowest BCUT2D eigenvalue weighted by Crippen LogP contribution is -2.50. The van der Waals surface area contributed by atoms with Crippen molar-refractivity contribution in [2.75, 3.05) is 5.32 Å². The number of anilines is 1. The van der Waals surface area contributed by atoms with Gasteiger partial charge < -0.3 is 20.7 Å². The van der Waals surface area contributed by atoms with Gasteiger partial charge in [-0.15, -0.1) is 0 Å². The van der Waals surface area contributed by atoms with Crippen LogP contribution in [-0.4, -0.2) is 29.6 Å². The summed E-state index contributed by atoms with van der Waals surface area (Å²) in [5.74, 6) is -0.575. The summed E-state index contributed by atoms with van der Waals surface area (Å²) in [7, 11) is 0. The molecule has 28 heavy (non-hydrogen) atoms. The zero-order chi connectivity index (χ0) is 20.7. The highest BCUT2D eigenvalue weighted by molar-refractivity contribution is 6.03. The first kappa shape index (κ1) is 20.2. The first-order valence-electron chi connectivity index (χ1n) is 9.70. The predicted octanol–water partition coefficient (Wildman–Crippen LogP) is 2.95. The summed E-state index contributed by atoms with van der Waals surface area (Å²) in [6, 6.07) is 7.10. The van der Waals surface area contributed by atoms with Crippen LogP contribution in [-0.2, 0) is 20.9 Å². The molecule has 7 heteroatoms. The SMILES string of the molecule is CC(C)NC(=O)NCc1ccc(NC(=O)C23CC[C@@](C)(C(=O)O2)C3(C)C)cc1. The maximum Gasteiger partial charge on any atom is 0.315 e. The standard InChI is InChI=1S/C21H29N3O4/c1-13(2)23-18(27)22-12-14-6-8-15(9-7-14)24-16(25)21-11-10-20(5,17(26)28-21)19(21,3)4/h6-9,13H,10-12H2,1-5H3,(H,24,25)(H2,22,23,27)/t20-,21?/m0/s1. The third-order valence-corrected chi connectivity index (χ3v) is 6.53. The topological polar surface area (TPSA) is 96.5 Å². The van der Waals surface area contributed by atoms with Gasteiger partial charge in [0.25, 0.3) is 5.91 Å². The van der Waals surface area contributed by atoms with Gasteiger partial charge >= 0.3 is 12.0 Å². The number of rotatable bonds is 5. The van der Waals surface area contributed by atoms with Crippen LogP contribution < -0.4 is 16.0 Å². The maximum absolute atomic E-state index is 13.0. The molecule has 0 aromatic heterocycles. The number of urea groups is 1. The Morgan fingerprint density at radius 1 is 1.11 bits per heavy atom. The Morgan fingerprint density at radius 3 is 2.25 bits per heavy atom. The molecule has 2 fully saturated rings. The Morgan fingerprint density at radius 2 is 1.75 bits per heavy atom. The fraction of sp³-hybridized carbons (Fsp3) is 0.571. The van der Waals surface area contributed by atoms with Crippen molar-refractivity contribution in [2.24, 2.45) is 10.8 Å². The molecule has 152 valence electrons. The summed E-state index contributed by atoms with van der Waals surface area (Å²) in [4.78, 5) is 37.0. The van der Waals surface area contributed by atoms with E-state index in [1.54, 1.807) is 12.1 Å². The minimum absolute atomic E-state index is 0.0725. The lowest BCUT2D eigenvalue weighted by atomic mass is 9.66.